The van der Waals surface area contributed by atoms with Crippen molar-refractivity contribution in [2.24, 2.45) is 0 Å². The number of nitriles is 1. The molecule has 8 heteroatoms. The number of carbonyl (C=O) groups is 1. The number of carbonyl (C=O) groups excluding carboxylic acids is 1. The van der Waals surface area contributed by atoms with E-state index in [0.29, 0.717) is 11.6 Å². The SMILES string of the molecule is CN1C(=C(C#N)C(=O)COc2ccc(S(C)(=O)=O)cc2)N(C)c2ccccc21. The van der Waals surface area contributed by atoms with Crippen LogP contribution >= 0.6 is 0 Å². The Morgan fingerprint density at radius 1 is 1.04 bits per heavy atom. The molecule has 2 aromatic carbocycles. The molecule has 0 unspecified atom stereocenters. The molecule has 0 radical (unpaired) electrons. The minimum Gasteiger partial charge on any atom is -0.485 e. The van der Waals surface area contributed by atoms with Crippen LogP contribution in [-0.2, 0) is 14.6 Å². The minimum absolute atomic E-state index is 0.00560. The van der Waals surface area contributed by atoms with Gasteiger partial charge >= 0.3 is 0 Å². The maximum Gasteiger partial charge on any atom is 0.214 e. The molecule has 0 saturated carbocycles. The maximum atomic E-state index is 12.6. The van der Waals surface area contributed by atoms with Crippen molar-refractivity contribution in [3.05, 3.63) is 59.9 Å². The Labute approximate surface area is 164 Å². The molecule has 0 saturated heterocycles. The number of Topliss-reactive ketones (excluding diaryl/α,β-unsaturated/α-hetero) is 1. The molecule has 144 valence electrons. The second-order valence-corrected chi connectivity index (χ2v) is 8.39. The molecule has 0 amide bonds. The van der Waals surface area contributed by atoms with Gasteiger partial charge in [-0.15, -0.1) is 0 Å². The number of ether oxygens (including phenoxy) is 1. The number of benzene rings is 2. The van der Waals surface area contributed by atoms with Crippen LogP contribution in [0.15, 0.2) is 64.8 Å². The van der Waals surface area contributed by atoms with Gasteiger partial charge in [0.2, 0.25) is 5.78 Å². The van der Waals surface area contributed by atoms with Crippen LogP contribution in [0.5, 0.6) is 5.75 Å². The third-order valence-electron chi connectivity index (χ3n) is 4.48. The predicted octanol–water partition coefficient (Wildman–Crippen LogP) is 2.36. The topological polar surface area (TPSA) is 90.7 Å². The fourth-order valence-corrected chi connectivity index (χ4v) is 3.69. The van der Waals surface area contributed by atoms with Crippen molar-refractivity contribution in [3.8, 4) is 11.8 Å². The molecular formula is C20H19N3O4S. The molecule has 28 heavy (non-hydrogen) atoms. The zero-order chi connectivity index (χ0) is 20.5. The zero-order valence-electron chi connectivity index (χ0n) is 15.7. The average molecular weight is 397 g/mol. The Bertz CT molecular complexity index is 1070. The average Bonchev–Trinajstić information content (AvgIpc) is 2.92. The summed E-state index contributed by atoms with van der Waals surface area (Å²) < 4.78 is 28.4. The number of hydrogen-bond donors (Lipinski definition) is 0. The van der Waals surface area contributed by atoms with Crippen molar-refractivity contribution >= 4 is 27.0 Å². The van der Waals surface area contributed by atoms with E-state index in [1.54, 1.807) is 23.9 Å². The highest BCUT2D eigenvalue weighted by atomic mass is 32.2. The van der Waals surface area contributed by atoms with Gasteiger partial charge < -0.3 is 14.5 Å². The summed E-state index contributed by atoms with van der Waals surface area (Å²) >= 11 is 0. The van der Waals surface area contributed by atoms with E-state index in [2.05, 4.69) is 0 Å². The molecular weight excluding hydrogens is 378 g/mol. The molecule has 0 aliphatic carbocycles. The van der Waals surface area contributed by atoms with E-state index in [4.69, 9.17) is 4.74 Å². The summed E-state index contributed by atoms with van der Waals surface area (Å²) in [5.41, 5.74) is 1.80. The first kappa shape index (κ1) is 19.5. The van der Waals surface area contributed by atoms with Gasteiger partial charge in [0.05, 0.1) is 16.3 Å². The van der Waals surface area contributed by atoms with Gasteiger partial charge in [0.25, 0.3) is 0 Å². The fraction of sp³-hybridized carbons (Fsp3) is 0.200. The van der Waals surface area contributed by atoms with Crippen LogP contribution in [-0.4, -0.2) is 41.2 Å². The molecule has 3 rings (SSSR count). The van der Waals surface area contributed by atoms with Crippen LogP contribution in [0.3, 0.4) is 0 Å². The number of anilines is 2. The smallest absolute Gasteiger partial charge is 0.214 e. The van der Waals surface area contributed by atoms with Crippen LogP contribution < -0.4 is 14.5 Å². The summed E-state index contributed by atoms with van der Waals surface area (Å²) in [4.78, 5) is 16.4. The largest absolute Gasteiger partial charge is 0.485 e. The lowest BCUT2D eigenvalue weighted by atomic mass is 10.2. The standard InChI is InChI=1S/C20H19N3O4S/c1-22-17-6-4-5-7-18(17)23(2)20(22)16(12-21)19(24)13-27-14-8-10-15(11-9-14)28(3,25)26/h4-11H,13H2,1-3H3. The third kappa shape index (κ3) is 3.57. The number of fused-ring (bicyclic) bond motifs is 1. The van der Waals surface area contributed by atoms with Crippen LogP contribution in [0.2, 0.25) is 0 Å². The number of para-hydroxylation sites is 2. The summed E-state index contributed by atoms with van der Waals surface area (Å²) in [5, 5.41) is 9.59. The van der Waals surface area contributed by atoms with Crippen molar-refractivity contribution in [2.45, 2.75) is 4.90 Å². The lowest BCUT2D eigenvalue weighted by Crippen LogP contribution is -2.27. The Morgan fingerprint density at radius 3 is 2.04 bits per heavy atom. The normalized spacial score (nSPS) is 13.1. The number of rotatable bonds is 5. The minimum atomic E-state index is -3.30. The van der Waals surface area contributed by atoms with Crippen LogP contribution in [0.4, 0.5) is 11.4 Å². The molecule has 2 aromatic rings. The molecule has 7 nitrogen and oxygen atoms in total. The van der Waals surface area contributed by atoms with E-state index < -0.39 is 15.6 Å². The highest BCUT2D eigenvalue weighted by Gasteiger charge is 2.31. The highest BCUT2D eigenvalue weighted by Crippen LogP contribution is 2.40. The maximum absolute atomic E-state index is 12.6. The number of hydrogen-bond acceptors (Lipinski definition) is 7. The Hall–Kier alpha value is -3.31. The molecule has 0 bridgehead atoms. The van der Waals surface area contributed by atoms with Crippen molar-refractivity contribution in [3.63, 3.8) is 0 Å². The summed E-state index contributed by atoms with van der Waals surface area (Å²) in [7, 11) is 0.296. The third-order valence-corrected chi connectivity index (χ3v) is 5.60. The second-order valence-electron chi connectivity index (χ2n) is 6.37. The van der Waals surface area contributed by atoms with E-state index in [9.17, 15) is 18.5 Å². The summed E-state index contributed by atoms with van der Waals surface area (Å²) in [6.45, 7) is -0.331. The molecule has 1 heterocycles. The monoisotopic (exact) mass is 397 g/mol. The fourth-order valence-electron chi connectivity index (χ4n) is 3.06. The van der Waals surface area contributed by atoms with Gasteiger partial charge in [-0.1, -0.05) is 12.1 Å². The van der Waals surface area contributed by atoms with Crippen molar-refractivity contribution < 1.29 is 17.9 Å². The van der Waals surface area contributed by atoms with Gasteiger partial charge in [-0.3, -0.25) is 4.79 Å². The van der Waals surface area contributed by atoms with E-state index in [1.807, 2.05) is 30.3 Å². The zero-order valence-corrected chi connectivity index (χ0v) is 16.5. The first-order chi connectivity index (χ1) is 13.2. The molecule has 1 aliphatic heterocycles. The summed E-state index contributed by atoms with van der Waals surface area (Å²) in [6, 6.07) is 15.4. The molecule has 0 spiro atoms. The van der Waals surface area contributed by atoms with E-state index >= 15 is 0 Å². The summed E-state index contributed by atoms with van der Waals surface area (Å²) in [6.07, 6.45) is 1.12. The lowest BCUT2D eigenvalue weighted by Gasteiger charge is -2.20. The van der Waals surface area contributed by atoms with Gasteiger partial charge in [-0.25, -0.2) is 8.42 Å². The van der Waals surface area contributed by atoms with Crippen molar-refractivity contribution in [1.29, 1.82) is 5.26 Å². The second kappa shape index (κ2) is 7.37. The quantitative estimate of drug-likeness (QED) is 0.565. The Balaban J connectivity index is 1.80. The molecule has 0 atom stereocenters. The molecule has 1 aliphatic rings. The van der Waals surface area contributed by atoms with Gasteiger partial charge in [0.15, 0.2) is 16.4 Å². The first-order valence-corrected chi connectivity index (χ1v) is 10.3. The first-order valence-electron chi connectivity index (χ1n) is 8.41. The highest BCUT2D eigenvalue weighted by molar-refractivity contribution is 7.90. The predicted molar refractivity (Wildman–Crippen MR) is 106 cm³/mol. The van der Waals surface area contributed by atoms with E-state index in [1.165, 1.54) is 24.3 Å². The molecule has 0 fully saturated rings. The van der Waals surface area contributed by atoms with Gasteiger partial charge in [0.1, 0.15) is 23.2 Å². The van der Waals surface area contributed by atoms with Gasteiger partial charge in [-0.2, -0.15) is 5.26 Å². The van der Waals surface area contributed by atoms with Crippen LogP contribution in [0, 0.1) is 11.3 Å². The van der Waals surface area contributed by atoms with Crippen LogP contribution in [0.1, 0.15) is 0 Å². The number of sulfone groups is 1. The van der Waals surface area contributed by atoms with Gasteiger partial charge in [0, 0.05) is 20.4 Å². The number of ketones is 1. The van der Waals surface area contributed by atoms with E-state index in [-0.39, 0.29) is 17.1 Å². The summed E-state index contributed by atoms with van der Waals surface area (Å²) in [5.74, 6) is 0.375. The van der Waals surface area contributed by atoms with Crippen molar-refractivity contribution in [2.75, 3.05) is 36.8 Å². The van der Waals surface area contributed by atoms with Crippen molar-refractivity contribution in [1.82, 2.24) is 0 Å². The van der Waals surface area contributed by atoms with E-state index in [0.717, 1.165) is 17.6 Å². The Morgan fingerprint density at radius 2 is 1.57 bits per heavy atom. The Kier molecular flexibility index (Phi) is 5.12. The number of nitrogens with zero attached hydrogens (tertiary/aromatic N) is 3. The molecule has 0 aromatic heterocycles. The molecule has 0 N–H and O–H groups in total. The van der Waals surface area contributed by atoms with Crippen LogP contribution in [0.25, 0.3) is 0 Å². The lowest BCUT2D eigenvalue weighted by molar-refractivity contribution is -0.117. The van der Waals surface area contributed by atoms with Gasteiger partial charge in [-0.05, 0) is 36.4 Å².